The van der Waals surface area contributed by atoms with E-state index in [4.69, 9.17) is 32.7 Å². The first-order valence-corrected chi connectivity index (χ1v) is 9.98. The van der Waals surface area contributed by atoms with E-state index >= 15 is 0 Å². The van der Waals surface area contributed by atoms with Crippen LogP contribution < -0.4 is 14.8 Å². The van der Waals surface area contributed by atoms with E-state index in [9.17, 15) is 10.1 Å². The normalized spacial score (nSPS) is 10.8. The number of ether oxygens (including phenoxy) is 2. The number of anilines is 1. The summed E-state index contributed by atoms with van der Waals surface area (Å²) in [5, 5.41) is 13.4. The number of nitrogens with zero attached hydrogens (tertiary/aromatic N) is 1. The van der Waals surface area contributed by atoms with Crippen molar-refractivity contribution >= 4 is 46.4 Å². The van der Waals surface area contributed by atoms with Crippen LogP contribution in [0, 0.1) is 11.3 Å². The lowest BCUT2D eigenvalue weighted by atomic mass is 10.0. The van der Waals surface area contributed by atoms with Crippen molar-refractivity contribution in [3.63, 3.8) is 0 Å². The number of carbonyl (C=O) groups is 1. The fourth-order valence-electron chi connectivity index (χ4n) is 2.74. The molecule has 0 saturated carbocycles. The number of benzene rings is 3. The molecular weight excluding hydrogens is 435 g/mol. The van der Waals surface area contributed by atoms with Crippen molar-refractivity contribution in [3.8, 4) is 17.6 Å². The van der Waals surface area contributed by atoms with Gasteiger partial charge < -0.3 is 14.8 Å². The smallest absolute Gasteiger partial charge is 0.262 e. The van der Waals surface area contributed by atoms with Crippen LogP contribution in [0.25, 0.3) is 11.6 Å². The van der Waals surface area contributed by atoms with Crippen LogP contribution >= 0.6 is 23.2 Å². The molecule has 1 N–H and O–H groups in total. The Bertz CT molecular complexity index is 1130. The third-order valence-corrected chi connectivity index (χ3v) is 4.77. The lowest BCUT2D eigenvalue weighted by molar-refractivity contribution is -0.118. The summed E-state index contributed by atoms with van der Waals surface area (Å²) in [6, 6.07) is 21.1. The number of carbonyl (C=O) groups excluding carboxylic acids is 1. The largest absolute Gasteiger partial charge is 0.497 e. The summed E-state index contributed by atoms with van der Waals surface area (Å²) in [7, 11) is 1.58. The van der Waals surface area contributed by atoms with Crippen molar-refractivity contribution in [3.05, 3.63) is 87.9 Å². The van der Waals surface area contributed by atoms with E-state index in [2.05, 4.69) is 11.4 Å². The Morgan fingerprint density at radius 1 is 1.03 bits per heavy atom. The fraction of sp³-hybridized carbons (Fsp3) is 0.0833. The van der Waals surface area contributed by atoms with Crippen LogP contribution in [0.3, 0.4) is 0 Å². The summed E-state index contributed by atoms with van der Waals surface area (Å²) in [4.78, 5) is 12.2. The second kappa shape index (κ2) is 10.5. The first-order valence-electron chi connectivity index (χ1n) is 9.22. The van der Waals surface area contributed by atoms with Crippen molar-refractivity contribution < 1.29 is 14.3 Å². The number of rotatable bonds is 7. The maximum Gasteiger partial charge on any atom is 0.262 e. The number of amides is 1. The molecule has 0 radical (unpaired) electrons. The molecule has 0 unspecified atom stereocenters. The summed E-state index contributed by atoms with van der Waals surface area (Å²) < 4.78 is 10.9. The molecule has 3 aromatic rings. The van der Waals surface area contributed by atoms with Crippen LogP contribution in [-0.4, -0.2) is 19.6 Å². The summed E-state index contributed by atoms with van der Waals surface area (Å²) in [5.41, 5.74) is 2.33. The zero-order valence-electron chi connectivity index (χ0n) is 16.6. The molecule has 0 aliphatic heterocycles. The van der Waals surface area contributed by atoms with Crippen LogP contribution in [0.2, 0.25) is 10.0 Å². The molecular formula is C24H18Cl2N2O3. The average Bonchev–Trinajstić information content (AvgIpc) is 2.78. The number of hydrogen-bond donors (Lipinski definition) is 1. The quantitative estimate of drug-likeness (QED) is 0.348. The van der Waals surface area contributed by atoms with E-state index in [0.29, 0.717) is 38.4 Å². The standard InChI is InChI=1S/C24H18Cl2N2O3/c1-30-22-9-2-16(3-10-22)18(14-27)12-17-13-20(26)6-11-23(17)31-15-24(29)28-21-7-4-19(25)5-8-21/h2-13H,15H2,1H3,(H,28,29)/b18-12+. The molecule has 0 aliphatic rings. The Kier molecular flexibility index (Phi) is 7.55. The highest BCUT2D eigenvalue weighted by Gasteiger charge is 2.10. The van der Waals surface area contributed by atoms with Gasteiger partial charge in [-0.3, -0.25) is 4.79 Å². The number of nitriles is 1. The van der Waals surface area contributed by atoms with Crippen molar-refractivity contribution in [2.75, 3.05) is 19.0 Å². The minimum Gasteiger partial charge on any atom is -0.497 e. The number of halogens is 2. The van der Waals surface area contributed by atoms with E-state index in [1.54, 1.807) is 79.9 Å². The Balaban J connectivity index is 1.77. The van der Waals surface area contributed by atoms with Crippen molar-refractivity contribution in [1.29, 1.82) is 5.26 Å². The molecule has 0 aliphatic carbocycles. The second-order valence-electron chi connectivity index (χ2n) is 6.42. The van der Waals surface area contributed by atoms with E-state index in [-0.39, 0.29) is 12.5 Å². The van der Waals surface area contributed by atoms with Gasteiger partial charge in [0, 0.05) is 21.3 Å². The summed E-state index contributed by atoms with van der Waals surface area (Å²) in [5.74, 6) is 0.791. The van der Waals surface area contributed by atoms with Gasteiger partial charge in [0.1, 0.15) is 11.5 Å². The zero-order chi connectivity index (χ0) is 22.2. The molecule has 31 heavy (non-hydrogen) atoms. The van der Waals surface area contributed by atoms with Gasteiger partial charge in [-0.05, 0) is 78.4 Å². The van der Waals surface area contributed by atoms with Gasteiger partial charge in [-0.1, -0.05) is 23.2 Å². The lowest BCUT2D eigenvalue weighted by Gasteiger charge is -2.11. The van der Waals surface area contributed by atoms with Gasteiger partial charge in [-0.2, -0.15) is 5.26 Å². The van der Waals surface area contributed by atoms with E-state index < -0.39 is 0 Å². The first kappa shape index (κ1) is 22.2. The number of methoxy groups -OCH3 is 1. The second-order valence-corrected chi connectivity index (χ2v) is 7.30. The van der Waals surface area contributed by atoms with Gasteiger partial charge >= 0.3 is 0 Å². The molecule has 156 valence electrons. The van der Waals surface area contributed by atoms with Crippen LogP contribution in [0.5, 0.6) is 11.5 Å². The third-order valence-electron chi connectivity index (χ3n) is 4.28. The minimum absolute atomic E-state index is 0.213. The summed E-state index contributed by atoms with van der Waals surface area (Å²) in [6.45, 7) is -0.213. The number of allylic oxidation sites excluding steroid dienone is 1. The highest BCUT2D eigenvalue weighted by Crippen LogP contribution is 2.28. The van der Waals surface area contributed by atoms with Crippen LogP contribution in [0.15, 0.2) is 66.7 Å². The van der Waals surface area contributed by atoms with Crippen molar-refractivity contribution in [1.82, 2.24) is 0 Å². The molecule has 3 aromatic carbocycles. The fourth-order valence-corrected chi connectivity index (χ4v) is 3.05. The Morgan fingerprint density at radius 3 is 2.35 bits per heavy atom. The molecule has 1 amide bonds. The molecule has 0 aromatic heterocycles. The molecule has 5 nitrogen and oxygen atoms in total. The summed E-state index contributed by atoms with van der Waals surface area (Å²) >= 11 is 12.0. The van der Waals surface area contributed by atoms with E-state index in [1.807, 2.05) is 0 Å². The van der Waals surface area contributed by atoms with Crippen LogP contribution in [0.1, 0.15) is 11.1 Å². The molecule has 0 heterocycles. The van der Waals surface area contributed by atoms with Crippen molar-refractivity contribution in [2.24, 2.45) is 0 Å². The molecule has 0 saturated heterocycles. The molecule has 7 heteroatoms. The van der Waals surface area contributed by atoms with Gasteiger partial charge in [0.2, 0.25) is 0 Å². The molecule has 0 spiro atoms. The van der Waals surface area contributed by atoms with Gasteiger partial charge in [-0.25, -0.2) is 0 Å². The van der Waals surface area contributed by atoms with Crippen LogP contribution in [0.4, 0.5) is 5.69 Å². The molecule has 0 fully saturated rings. The van der Waals surface area contributed by atoms with Gasteiger partial charge in [-0.15, -0.1) is 0 Å². The maximum absolute atomic E-state index is 12.2. The SMILES string of the molecule is COc1ccc(/C(C#N)=C/c2cc(Cl)ccc2OCC(=O)Nc2ccc(Cl)cc2)cc1. The lowest BCUT2D eigenvalue weighted by Crippen LogP contribution is -2.20. The minimum atomic E-state index is -0.331. The molecule has 3 rings (SSSR count). The monoisotopic (exact) mass is 452 g/mol. The van der Waals surface area contributed by atoms with Gasteiger partial charge in [0.25, 0.3) is 5.91 Å². The maximum atomic E-state index is 12.2. The highest BCUT2D eigenvalue weighted by molar-refractivity contribution is 6.31. The third kappa shape index (κ3) is 6.26. The van der Waals surface area contributed by atoms with Gasteiger partial charge in [0.05, 0.1) is 18.8 Å². The van der Waals surface area contributed by atoms with Gasteiger partial charge in [0.15, 0.2) is 6.61 Å². The summed E-state index contributed by atoms with van der Waals surface area (Å²) in [6.07, 6.45) is 1.67. The van der Waals surface area contributed by atoms with Crippen LogP contribution in [-0.2, 0) is 4.79 Å². The highest BCUT2D eigenvalue weighted by atomic mass is 35.5. The average molecular weight is 453 g/mol. The number of hydrogen-bond acceptors (Lipinski definition) is 4. The van der Waals surface area contributed by atoms with E-state index in [0.717, 1.165) is 5.56 Å². The van der Waals surface area contributed by atoms with E-state index in [1.165, 1.54) is 0 Å². The predicted molar refractivity (Wildman–Crippen MR) is 124 cm³/mol. The molecule has 0 atom stereocenters. The topological polar surface area (TPSA) is 71.3 Å². The first-order chi connectivity index (χ1) is 15.0. The molecule has 0 bridgehead atoms. The Morgan fingerprint density at radius 2 is 1.71 bits per heavy atom. The Labute approximate surface area is 190 Å². The zero-order valence-corrected chi connectivity index (χ0v) is 18.1. The van der Waals surface area contributed by atoms with Crippen molar-refractivity contribution in [2.45, 2.75) is 0 Å². The predicted octanol–water partition coefficient (Wildman–Crippen LogP) is 6.08. The Hall–Kier alpha value is -3.46. The number of nitrogens with one attached hydrogen (secondary N) is 1.